The smallest absolute Gasteiger partial charge is 0.320 e. The first-order chi connectivity index (χ1) is 11.4. The molecular formula is C18H23N3O3. The molecule has 0 spiro atoms. The minimum atomic E-state index is -0.706. The first-order valence-corrected chi connectivity index (χ1v) is 8.10. The number of unbranched alkanes of at least 4 members (excludes halogenated alkanes) is 1. The van der Waals surface area contributed by atoms with E-state index in [0.29, 0.717) is 12.2 Å². The van der Waals surface area contributed by atoms with Crippen molar-refractivity contribution in [3.05, 3.63) is 62.4 Å². The van der Waals surface area contributed by atoms with Crippen molar-refractivity contribution >= 4 is 5.91 Å². The quantitative estimate of drug-likeness (QED) is 0.645. The minimum Gasteiger partial charge on any atom is -0.355 e. The molecule has 6 nitrogen and oxygen atoms in total. The van der Waals surface area contributed by atoms with Gasteiger partial charge in [-0.1, -0.05) is 19.4 Å². The number of benzene rings is 1. The highest BCUT2D eigenvalue weighted by Crippen LogP contribution is 2.11. The molecule has 2 rings (SSSR count). The first kappa shape index (κ1) is 17.7. The standard InChI is InChI=1S/C18H23N3O3/c1-4-5-6-19-16(22)12-20-7-8-21(18(24)17(20)23)15-10-13(2)9-14(3)11-15/h7-11H,4-6,12H2,1-3H3,(H,19,22). The van der Waals surface area contributed by atoms with Crippen LogP contribution in [0.2, 0.25) is 0 Å². The summed E-state index contributed by atoms with van der Waals surface area (Å²) in [5, 5.41) is 2.73. The van der Waals surface area contributed by atoms with Gasteiger partial charge in [0.15, 0.2) is 0 Å². The van der Waals surface area contributed by atoms with E-state index in [1.54, 1.807) is 0 Å². The van der Waals surface area contributed by atoms with Crippen molar-refractivity contribution in [3.8, 4) is 5.69 Å². The molecule has 1 N–H and O–H groups in total. The first-order valence-electron chi connectivity index (χ1n) is 8.10. The molecule has 1 heterocycles. The highest BCUT2D eigenvalue weighted by atomic mass is 16.2. The maximum atomic E-state index is 12.4. The van der Waals surface area contributed by atoms with Gasteiger partial charge in [-0.15, -0.1) is 0 Å². The highest BCUT2D eigenvalue weighted by Gasteiger charge is 2.10. The molecule has 1 aromatic heterocycles. The number of rotatable bonds is 6. The summed E-state index contributed by atoms with van der Waals surface area (Å²) in [7, 11) is 0. The molecule has 0 bridgehead atoms. The Bertz CT molecular complexity index is 829. The van der Waals surface area contributed by atoms with E-state index in [1.165, 1.54) is 17.0 Å². The second-order valence-corrected chi connectivity index (χ2v) is 5.96. The van der Waals surface area contributed by atoms with Crippen LogP contribution >= 0.6 is 0 Å². The molecule has 0 saturated heterocycles. The van der Waals surface area contributed by atoms with E-state index in [-0.39, 0.29) is 12.5 Å². The topological polar surface area (TPSA) is 73.1 Å². The Kier molecular flexibility index (Phi) is 5.73. The summed E-state index contributed by atoms with van der Waals surface area (Å²) in [6.07, 6.45) is 4.86. The fraction of sp³-hybridized carbons (Fsp3) is 0.389. The van der Waals surface area contributed by atoms with Gasteiger partial charge in [0.1, 0.15) is 6.54 Å². The van der Waals surface area contributed by atoms with E-state index in [2.05, 4.69) is 5.32 Å². The lowest BCUT2D eigenvalue weighted by Crippen LogP contribution is -2.42. The van der Waals surface area contributed by atoms with Crippen LogP contribution in [0.3, 0.4) is 0 Å². The van der Waals surface area contributed by atoms with Gasteiger partial charge in [-0.3, -0.25) is 23.5 Å². The van der Waals surface area contributed by atoms with Gasteiger partial charge in [0.25, 0.3) is 0 Å². The van der Waals surface area contributed by atoms with Crippen molar-refractivity contribution in [3.63, 3.8) is 0 Å². The Hall–Kier alpha value is -2.63. The summed E-state index contributed by atoms with van der Waals surface area (Å²) in [5.41, 5.74) is 1.30. The van der Waals surface area contributed by atoms with Gasteiger partial charge in [-0.2, -0.15) is 0 Å². The second-order valence-electron chi connectivity index (χ2n) is 5.96. The number of aromatic nitrogens is 2. The number of amides is 1. The van der Waals surface area contributed by atoms with Gasteiger partial charge in [0.05, 0.1) is 0 Å². The van der Waals surface area contributed by atoms with Gasteiger partial charge in [-0.05, 0) is 43.5 Å². The summed E-state index contributed by atoms with van der Waals surface area (Å²) in [5.74, 6) is -0.269. The van der Waals surface area contributed by atoms with Crippen molar-refractivity contribution in [2.45, 2.75) is 40.2 Å². The molecule has 0 unspecified atom stereocenters. The molecule has 0 aliphatic heterocycles. The van der Waals surface area contributed by atoms with Crippen molar-refractivity contribution in [2.24, 2.45) is 0 Å². The lowest BCUT2D eigenvalue weighted by Gasteiger charge is -2.10. The maximum absolute atomic E-state index is 12.4. The van der Waals surface area contributed by atoms with E-state index < -0.39 is 11.1 Å². The zero-order chi connectivity index (χ0) is 17.7. The van der Waals surface area contributed by atoms with E-state index in [4.69, 9.17) is 0 Å². The van der Waals surface area contributed by atoms with Gasteiger partial charge in [0.2, 0.25) is 5.91 Å². The summed E-state index contributed by atoms with van der Waals surface area (Å²) < 4.78 is 2.45. The van der Waals surface area contributed by atoms with Crippen LogP contribution in [0.25, 0.3) is 5.69 Å². The molecule has 6 heteroatoms. The van der Waals surface area contributed by atoms with E-state index >= 15 is 0 Å². The predicted octanol–water partition coefficient (Wildman–Crippen LogP) is 1.53. The molecule has 0 aliphatic carbocycles. The minimum absolute atomic E-state index is 0.147. The largest absolute Gasteiger partial charge is 0.355 e. The average Bonchev–Trinajstić information content (AvgIpc) is 2.51. The van der Waals surface area contributed by atoms with Gasteiger partial charge < -0.3 is 5.32 Å². The lowest BCUT2D eigenvalue weighted by atomic mass is 10.1. The Labute approximate surface area is 140 Å². The van der Waals surface area contributed by atoms with E-state index in [0.717, 1.165) is 28.5 Å². The molecule has 0 aliphatic rings. The number of hydrogen-bond acceptors (Lipinski definition) is 3. The number of carbonyl (C=O) groups excluding carboxylic acids is 1. The molecule has 0 fully saturated rings. The summed E-state index contributed by atoms with van der Waals surface area (Å²) in [6.45, 7) is 6.32. The second kappa shape index (κ2) is 7.77. The number of nitrogens with one attached hydrogen (secondary N) is 1. The molecule has 2 aromatic rings. The molecule has 1 aromatic carbocycles. The summed E-state index contributed by atoms with van der Waals surface area (Å²) >= 11 is 0. The fourth-order valence-corrected chi connectivity index (χ4v) is 2.54. The molecular weight excluding hydrogens is 306 g/mol. The Balaban J connectivity index is 2.27. The molecule has 0 saturated carbocycles. The Morgan fingerprint density at radius 3 is 2.33 bits per heavy atom. The number of carbonyl (C=O) groups is 1. The Morgan fingerprint density at radius 1 is 1.04 bits per heavy atom. The third-order valence-electron chi connectivity index (χ3n) is 3.71. The third kappa shape index (κ3) is 4.22. The van der Waals surface area contributed by atoms with Crippen LogP contribution in [0.4, 0.5) is 0 Å². The zero-order valence-corrected chi connectivity index (χ0v) is 14.3. The normalized spacial score (nSPS) is 10.6. The average molecular weight is 329 g/mol. The molecule has 0 atom stereocenters. The molecule has 128 valence electrons. The molecule has 1 amide bonds. The van der Waals surface area contributed by atoms with Crippen LogP contribution < -0.4 is 16.4 Å². The van der Waals surface area contributed by atoms with Crippen LogP contribution in [0, 0.1) is 13.8 Å². The van der Waals surface area contributed by atoms with Crippen molar-refractivity contribution < 1.29 is 4.79 Å². The third-order valence-corrected chi connectivity index (χ3v) is 3.71. The maximum Gasteiger partial charge on any atom is 0.320 e. The lowest BCUT2D eigenvalue weighted by molar-refractivity contribution is -0.121. The van der Waals surface area contributed by atoms with Gasteiger partial charge >= 0.3 is 11.1 Å². The monoisotopic (exact) mass is 329 g/mol. The number of aryl methyl sites for hydroxylation is 2. The molecule has 24 heavy (non-hydrogen) atoms. The van der Waals surface area contributed by atoms with Crippen molar-refractivity contribution in [1.82, 2.24) is 14.5 Å². The predicted molar refractivity (Wildman–Crippen MR) is 93.7 cm³/mol. The summed E-state index contributed by atoms with van der Waals surface area (Å²) in [6, 6.07) is 5.68. The van der Waals surface area contributed by atoms with Crippen molar-refractivity contribution in [1.29, 1.82) is 0 Å². The van der Waals surface area contributed by atoms with Gasteiger partial charge in [0, 0.05) is 24.6 Å². The van der Waals surface area contributed by atoms with E-state index in [9.17, 15) is 14.4 Å². The number of hydrogen-bond donors (Lipinski definition) is 1. The summed E-state index contributed by atoms with van der Waals surface area (Å²) in [4.78, 5) is 36.4. The van der Waals surface area contributed by atoms with Gasteiger partial charge in [-0.25, -0.2) is 0 Å². The van der Waals surface area contributed by atoms with Crippen LogP contribution in [-0.2, 0) is 11.3 Å². The van der Waals surface area contributed by atoms with Crippen LogP contribution in [0.15, 0.2) is 40.2 Å². The van der Waals surface area contributed by atoms with Crippen LogP contribution in [0.5, 0.6) is 0 Å². The van der Waals surface area contributed by atoms with Crippen molar-refractivity contribution in [2.75, 3.05) is 6.54 Å². The highest BCUT2D eigenvalue weighted by molar-refractivity contribution is 5.75. The number of nitrogens with zero attached hydrogens (tertiary/aromatic N) is 2. The fourth-order valence-electron chi connectivity index (χ4n) is 2.54. The van der Waals surface area contributed by atoms with E-state index in [1.807, 2.05) is 39.0 Å². The van der Waals surface area contributed by atoms with Crippen LogP contribution in [-0.4, -0.2) is 21.6 Å². The zero-order valence-electron chi connectivity index (χ0n) is 14.3. The Morgan fingerprint density at radius 2 is 1.71 bits per heavy atom. The van der Waals surface area contributed by atoms with Crippen LogP contribution in [0.1, 0.15) is 30.9 Å². The molecule has 0 radical (unpaired) electrons. The SMILES string of the molecule is CCCCNC(=O)Cn1ccn(-c2cc(C)cc(C)c2)c(=O)c1=O.